The summed E-state index contributed by atoms with van der Waals surface area (Å²) >= 11 is 0. The standard InChI is InChI=1S/C18H15FN4/c1-11-13(14-5-3-2-4-12(14)8-20)6-7-15(18(11)19)16-9-23-17(21)10-22-16/h2-7,9-11,18H,1H3,(H2,21,23). The molecule has 2 N–H and O–H groups in total. The number of aromatic nitrogens is 2. The number of halogens is 1. The van der Waals surface area contributed by atoms with Crippen molar-refractivity contribution in [3.05, 3.63) is 65.6 Å². The number of hydrogen-bond donors (Lipinski definition) is 1. The molecular formula is C18H15FN4. The second-order valence-electron chi connectivity index (χ2n) is 5.42. The molecular weight excluding hydrogens is 291 g/mol. The Balaban J connectivity index is 2.05. The van der Waals surface area contributed by atoms with E-state index < -0.39 is 6.17 Å². The predicted molar refractivity (Wildman–Crippen MR) is 87.6 cm³/mol. The molecule has 2 aromatic rings. The molecule has 0 fully saturated rings. The third kappa shape index (κ3) is 2.71. The molecule has 0 spiro atoms. The first-order valence-corrected chi connectivity index (χ1v) is 7.25. The summed E-state index contributed by atoms with van der Waals surface area (Å²) in [5.41, 5.74) is 8.59. The van der Waals surface area contributed by atoms with Gasteiger partial charge in [0.15, 0.2) is 0 Å². The van der Waals surface area contributed by atoms with Gasteiger partial charge in [-0.2, -0.15) is 5.26 Å². The van der Waals surface area contributed by atoms with E-state index in [1.165, 1.54) is 12.4 Å². The Labute approximate surface area is 133 Å². The molecule has 2 atom stereocenters. The summed E-state index contributed by atoms with van der Waals surface area (Å²) in [5.74, 6) is -0.0864. The van der Waals surface area contributed by atoms with Gasteiger partial charge in [0, 0.05) is 11.5 Å². The quantitative estimate of drug-likeness (QED) is 0.922. The molecule has 1 aliphatic rings. The molecule has 2 unspecified atom stereocenters. The minimum absolute atomic E-state index is 0.299. The molecule has 0 bridgehead atoms. The molecule has 0 saturated carbocycles. The Hall–Kier alpha value is -3.00. The van der Waals surface area contributed by atoms with E-state index in [-0.39, 0.29) is 5.92 Å². The average molecular weight is 306 g/mol. The Bertz CT molecular complexity index is 831. The second kappa shape index (κ2) is 6.01. The molecule has 1 aromatic carbocycles. The molecule has 4 nitrogen and oxygen atoms in total. The zero-order chi connectivity index (χ0) is 16.4. The van der Waals surface area contributed by atoms with Gasteiger partial charge in [0.25, 0.3) is 0 Å². The van der Waals surface area contributed by atoms with E-state index in [2.05, 4.69) is 16.0 Å². The maximum absolute atomic E-state index is 14.9. The van der Waals surface area contributed by atoms with Gasteiger partial charge in [-0.25, -0.2) is 9.37 Å². The van der Waals surface area contributed by atoms with Gasteiger partial charge < -0.3 is 5.73 Å². The highest BCUT2D eigenvalue weighted by Gasteiger charge is 2.30. The number of nitriles is 1. The minimum atomic E-state index is -1.22. The number of allylic oxidation sites excluding steroid dienone is 4. The average Bonchev–Trinajstić information content (AvgIpc) is 2.58. The van der Waals surface area contributed by atoms with Crippen LogP contribution in [0.3, 0.4) is 0 Å². The van der Waals surface area contributed by atoms with E-state index in [1.54, 1.807) is 18.2 Å². The molecule has 0 aliphatic heterocycles. The lowest BCUT2D eigenvalue weighted by molar-refractivity contribution is 0.352. The van der Waals surface area contributed by atoms with Crippen LogP contribution in [0.2, 0.25) is 0 Å². The maximum atomic E-state index is 14.9. The number of alkyl halides is 1. The van der Waals surface area contributed by atoms with Crippen LogP contribution in [0, 0.1) is 17.2 Å². The molecule has 5 heteroatoms. The van der Waals surface area contributed by atoms with Crippen LogP contribution in [0.5, 0.6) is 0 Å². The van der Waals surface area contributed by atoms with Gasteiger partial charge in [0.05, 0.1) is 29.7 Å². The fraction of sp³-hybridized carbons (Fsp3) is 0.167. The third-order valence-electron chi connectivity index (χ3n) is 4.00. The lowest BCUT2D eigenvalue weighted by atomic mass is 9.81. The van der Waals surface area contributed by atoms with Gasteiger partial charge in [-0.15, -0.1) is 0 Å². The van der Waals surface area contributed by atoms with Gasteiger partial charge in [-0.1, -0.05) is 37.3 Å². The first-order valence-electron chi connectivity index (χ1n) is 7.25. The molecule has 1 heterocycles. The molecule has 23 heavy (non-hydrogen) atoms. The number of benzene rings is 1. The van der Waals surface area contributed by atoms with Crippen molar-refractivity contribution < 1.29 is 4.39 Å². The Kier molecular flexibility index (Phi) is 3.90. The highest BCUT2D eigenvalue weighted by Crippen LogP contribution is 2.38. The highest BCUT2D eigenvalue weighted by atomic mass is 19.1. The van der Waals surface area contributed by atoms with E-state index in [0.29, 0.717) is 22.6 Å². The molecule has 114 valence electrons. The number of anilines is 1. The van der Waals surface area contributed by atoms with Crippen molar-refractivity contribution >= 4 is 17.0 Å². The van der Waals surface area contributed by atoms with E-state index in [0.717, 1.165) is 11.1 Å². The van der Waals surface area contributed by atoms with Crippen LogP contribution in [0.15, 0.2) is 48.8 Å². The Morgan fingerprint density at radius 3 is 2.57 bits per heavy atom. The number of nitrogens with two attached hydrogens (primary N) is 1. The predicted octanol–water partition coefficient (Wildman–Crippen LogP) is 3.39. The van der Waals surface area contributed by atoms with Crippen molar-refractivity contribution in [3.8, 4) is 6.07 Å². The Morgan fingerprint density at radius 1 is 1.13 bits per heavy atom. The smallest absolute Gasteiger partial charge is 0.141 e. The second-order valence-corrected chi connectivity index (χ2v) is 5.42. The topological polar surface area (TPSA) is 75.6 Å². The van der Waals surface area contributed by atoms with Crippen molar-refractivity contribution in [1.29, 1.82) is 5.26 Å². The highest BCUT2D eigenvalue weighted by molar-refractivity contribution is 5.82. The summed E-state index contributed by atoms with van der Waals surface area (Å²) in [4.78, 5) is 8.10. The van der Waals surface area contributed by atoms with Crippen LogP contribution in [0.4, 0.5) is 10.2 Å². The lowest BCUT2D eigenvalue weighted by Crippen LogP contribution is -2.20. The van der Waals surface area contributed by atoms with Crippen LogP contribution >= 0.6 is 0 Å². The zero-order valence-electron chi connectivity index (χ0n) is 12.6. The fourth-order valence-electron chi connectivity index (χ4n) is 2.73. The number of nitrogens with zero attached hydrogens (tertiary/aromatic N) is 3. The first kappa shape index (κ1) is 14.9. The van der Waals surface area contributed by atoms with Crippen LogP contribution in [0.1, 0.15) is 23.7 Å². The van der Waals surface area contributed by atoms with E-state index in [4.69, 9.17) is 5.73 Å². The first-order chi connectivity index (χ1) is 11.1. The fourth-order valence-corrected chi connectivity index (χ4v) is 2.73. The van der Waals surface area contributed by atoms with Crippen LogP contribution in [-0.2, 0) is 0 Å². The summed E-state index contributed by atoms with van der Waals surface area (Å²) in [5, 5.41) is 9.24. The Morgan fingerprint density at radius 2 is 1.87 bits per heavy atom. The lowest BCUT2D eigenvalue weighted by Gasteiger charge is -2.26. The molecule has 0 radical (unpaired) electrons. The maximum Gasteiger partial charge on any atom is 0.141 e. The van der Waals surface area contributed by atoms with E-state index in [1.807, 2.05) is 25.1 Å². The SMILES string of the molecule is CC1C(c2ccccc2C#N)=CC=C(c2cnc(N)cn2)C1F. The minimum Gasteiger partial charge on any atom is -0.382 e. The monoisotopic (exact) mass is 306 g/mol. The van der Waals surface area contributed by atoms with Crippen molar-refractivity contribution in [1.82, 2.24) is 9.97 Å². The van der Waals surface area contributed by atoms with Gasteiger partial charge in [-0.3, -0.25) is 4.98 Å². The molecule has 1 aromatic heterocycles. The summed E-state index contributed by atoms with van der Waals surface area (Å²) in [6.45, 7) is 1.81. The van der Waals surface area contributed by atoms with E-state index >= 15 is 0 Å². The van der Waals surface area contributed by atoms with Crippen molar-refractivity contribution in [2.75, 3.05) is 5.73 Å². The molecule has 0 amide bonds. The molecule has 1 aliphatic carbocycles. The van der Waals surface area contributed by atoms with Crippen molar-refractivity contribution in [2.24, 2.45) is 5.92 Å². The van der Waals surface area contributed by atoms with Crippen LogP contribution in [0.25, 0.3) is 11.1 Å². The summed E-state index contributed by atoms with van der Waals surface area (Å²) in [6.07, 6.45) is 5.22. The normalized spacial score (nSPS) is 20.4. The number of rotatable bonds is 2. The molecule has 0 saturated heterocycles. The zero-order valence-corrected chi connectivity index (χ0v) is 12.6. The summed E-state index contributed by atoms with van der Waals surface area (Å²) in [6, 6.07) is 9.39. The largest absolute Gasteiger partial charge is 0.382 e. The number of hydrogen-bond acceptors (Lipinski definition) is 4. The van der Waals surface area contributed by atoms with Gasteiger partial charge in [0.1, 0.15) is 12.0 Å². The van der Waals surface area contributed by atoms with Gasteiger partial charge >= 0.3 is 0 Å². The van der Waals surface area contributed by atoms with Gasteiger partial charge in [-0.05, 0) is 17.2 Å². The molecule has 3 rings (SSSR count). The van der Waals surface area contributed by atoms with Crippen LogP contribution < -0.4 is 5.73 Å². The summed E-state index contributed by atoms with van der Waals surface area (Å²) < 4.78 is 14.9. The van der Waals surface area contributed by atoms with Crippen molar-refractivity contribution in [2.45, 2.75) is 13.1 Å². The van der Waals surface area contributed by atoms with Crippen LogP contribution in [-0.4, -0.2) is 16.1 Å². The summed E-state index contributed by atoms with van der Waals surface area (Å²) in [7, 11) is 0. The third-order valence-corrected chi connectivity index (χ3v) is 4.00. The van der Waals surface area contributed by atoms with Gasteiger partial charge in [0.2, 0.25) is 0 Å². The van der Waals surface area contributed by atoms with Crippen molar-refractivity contribution in [3.63, 3.8) is 0 Å². The number of nitrogen functional groups attached to an aromatic ring is 1. The van der Waals surface area contributed by atoms with E-state index in [9.17, 15) is 9.65 Å².